The van der Waals surface area contributed by atoms with E-state index < -0.39 is 100 Å². The molecule has 12 nitrogen and oxygen atoms in total. The maximum absolute atomic E-state index is 13.1. The largest absolute Gasteiger partial charge is 0.421 e. The van der Waals surface area contributed by atoms with Gasteiger partial charge in [-0.1, -0.05) is 124 Å². The minimum atomic E-state index is -4.88. The zero-order chi connectivity index (χ0) is 64.5. The third-order valence-corrected chi connectivity index (χ3v) is 21.4. The van der Waals surface area contributed by atoms with Crippen LogP contribution in [0.15, 0.2) is 142 Å². The van der Waals surface area contributed by atoms with E-state index in [9.17, 15) is 80.1 Å². The number of aliphatic hydroxyl groups is 3. The predicted octanol–water partition coefficient (Wildman–Crippen LogP) is 16.1. The maximum atomic E-state index is 13.1. The quantitative estimate of drug-likeness (QED) is 0.0846. The molecule has 0 amide bonds. The second-order valence-electron chi connectivity index (χ2n) is 19.7. The van der Waals surface area contributed by atoms with Crippen LogP contribution in [0.1, 0.15) is 79.0 Å². The fraction of sp³-hybridized carbons (Fsp3) is 0.333. The molecule has 6 rings (SSSR count). The van der Waals surface area contributed by atoms with Crippen molar-refractivity contribution in [3.05, 3.63) is 174 Å². The van der Waals surface area contributed by atoms with Gasteiger partial charge in [0.15, 0.2) is 16.8 Å². The summed E-state index contributed by atoms with van der Waals surface area (Å²) in [6, 6.07) is 24.2. The highest BCUT2D eigenvalue weighted by molar-refractivity contribution is 7.93. The molecule has 0 bridgehead atoms. The fourth-order valence-electron chi connectivity index (χ4n) is 7.80. The lowest BCUT2D eigenvalue weighted by atomic mass is 9.95. The molecule has 0 aliphatic rings. The summed E-state index contributed by atoms with van der Waals surface area (Å²) < 4.78 is 199. The number of nitrogens with zero attached hydrogens (tertiary/aromatic N) is 3. The molecule has 0 aliphatic heterocycles. The van der Waals surface area contributed by atoms with Crippen LogP contribution in [0, 0.1) is 0 Å². The number of hydrogen-bond donors (Lipinski definition) is 3. The van der Waals surface area contributed by atoms with Gasteiger partial charge >= 0.3 is 18.5 Å². The van der Waals surface area contributed by atoms with Crippen molar-refractivity contribution in [2.45, 2.75) is 130 Å². The minimum Gasteiger partial charge on any atom is -0.376 e. The second-order valence-corrected chi connectivity index (χ2v) is 27.4. The topological polar surface area (TPSA) is 173 Å². The molecule has 3 atom stereocenters. The van der Waals surface area contributed by atoms with Crippen LogP contribution >= 0.6 is 69.6 Å². The number of benzene rings is 6. The van der Waals surface area contributed by atoms with Gasteiger partial charge < -0.3 is 15.3 Å². The Hall–Kier alpha value is -4.44. The summed E-state index contributed by atoms with van der Waals surface area (Å²) >= 11 is 35.9. The molecule has 0 saturated carbocycles. The molecular weight excluding hydrogens is 1310 g/mol. The van der Waals surface area contributed by atoms with Gasteiger partial charge in [-0.25, -0.2) is 25.3 Å². The number of rotatable bonds is 15. The molecule has 3 N–H and O–H groups in total. The van der Waals surface area contributed by atoms with Crippen molar-refractivity contribution < 1.29 is 80.1 Å². The van der Waals surface area contributed by atoms with Gasteiger partial charge in [0.25, 0.3) is 30.1 Å². The van der Waals surface area contributed by atoms with Crippen molar-refractivity contribution in [2.75, 3.05) is 12.9 Å². The van der Waals surface area contributed by atoms with E-state index in [0.29, 0.717) is 20.8 Å². The first kappa shape index (κ1) is 72.0. The lowest BCUT2D eigenvalue weighted by Crippen LogP contribution is -2.39. The summed E-state index contributed by atoms with van der Waals surface area (Å²) in [5.74, 6) is 0. The van der Waals surface area contributed by atoms with E-state index in [1.165, 1.54) is 91.0 Å². The molecule has 84 heavy (non-hydrogen) atoms. The average molecular weight is 1370 g/mol. The van der Waals surface area contributed by atoms with E-state index in [2.05, 4.69) is 0 Å². The van der Waals surface area contributed by atoms with Crippen LogP contribution in [0.5, 0.6) is 0 Å². The summed E-state index contributed by atoms with van der Waals surface area (Å²) in [7, 11) is -12.5. The van der Waals surface area contributed by atoms with Gasteiger partial charge in [0.1, 0.15) is 14.7 Å². The third kappa shape index (κ3) is 15.3. The standard InChI is InChI=1S/3C18H18Cl2F3NO3S/c3*1-11(2)24(28(26,27)15-6-4-5-14(19)16(15)20)13-9-7-12(8-10-13)17(3,25)18(21,22)23/h3*4-11,25H,1-3H3/t2*17-;/m10./s1. The van der Waals surface area contributed by atoms with Gasteiger partial charge in [0.05, 0.1) is 47.2 Å². The summed E-state index contributed by atoms with van der Waals surface area (Å²) in [5, 5.41) is 29.1. The Kier molecular flexibility index (Phi) is 22.7. The highest BCUT2D eigenvalue weighted by Gasteiger charge is 2.53. The summed E-state index contributed by atoms with van der Waals surface area (Å²) in [5.41, 5.74) is -10.1. The first-order valence-electron chi connectivity index (χ1n) is 24.3. The van der Waals surface area contributed by atoms with E-state index in [4.69, 9.17) is 69.6 Å². The molecule has 0 radical (unpaired) electrons. The van der Waals surface area contributed by atoms with Gasteiger partial charge in [-0.2, -0.15) is 39.5 Å². The van der Waals surface area contributed by atoms with Gasteiger partial charge in [-0.3, -0.25) is 12.9 Å². The highest BCUT2D eigenvalue weighted by Crippen LogP contribution is 2.44. The SMILES string of the molecule is CC(C)N(c1ccc(C(C)(O)C(F)(F)F)cc1)S(=O)(=O)c1cccc(Cl)c1Cl.CC(C)N(c1ccc([C@@](C)(O)C(F)(F)F)cc1)S(=O)(=O)c1cccc(Cl)c1Cl.CC(C)N(c1ccc([C@](C)(O)C(F)(F)F)cc1)S(=O)(=O)c1cccc(Cl)c1Cl. The maximum Gasteiger partial charge on any atom is 0.421 e. The number of alkyl halides is 9. The van der Waals surface area contributed by atoms with E-state index in [-0.39, 0.29) is 61.9 Å². The minimum absolute atomic E-state index is 0.0584. The van der Waals surface area contributed by atoms with E-state index in [1.54, 1.807) is 41.5 Å². The second kappa shape index (κ2) is 26.5. The van der Waals surface area contributed by atoms with Crippen molar-refractivity contribution in [1.82, 2.24) is 0 Å². The third-order valence-electron chi connectivity index (χ3n) is 12.5. The smallest absolute Gasteiger partial charge is 0.376 e. The Bertz CT molecular complexity index is 3260. The molecule has 0 spiro atoms. The zero-order valence-electron chi connectivity index (χ0n) is 45.4. The number of anilines is 3. The van der Waals surface area contributed by atoms with Crippen molar-refractivity contribution in [3.63, 3.8) is 0 Å². The van der Waals surface area contributed by atoms with Crippen LogP contribution in [0.3, 0.4) is 0 Å². The molecule has 6 aromatic rings. The van der Waals surface area contributed by atoms with Crippen molar-refractivity contribution in [1.29, 1.82) is 0 Å². The van der Waals surface area contributed by atoms with E-state index in [1.807, 2.05) is 0 Å². The fourth-order valence-corrected chi connectivity index (χ4v) is 15.0. The molecule has 0 aliphatic carbocycles. The number of halogens is 15. The van der Waals surface area contributed by atoms with Crippen molar-refractivity contribution in [3.8, 4) is 0 Å². The van der Waals surface area contributed by atoms with Crippen LogP contribution in [-0.2, 0) is 46.9 Å². The molecule has 462 valence electrons. The van der Waals surface area contributed by atoms with Crippen LogP contribution in [-0.4, -0.2) is 77.2 Å². The summed E-state index contributed by atoms with van der Waals surface area (Å²) in [6.45, 7) is 11.5. The first-order valence-corrected chi connectivity index (χ1v) is 30.9. The van der Waals surface area contributed by atoms with Gasteiger partial charge in [-0.15, -0.1) is 0 Å². The number of hydrogen-bond acceptors (Lipinski definition) is 9. The lowest BCUT2D eigenvalue weighted by molar-refractivity contribution is -0.259. The Labute approximate surface area is 511 Å². The highest BCUT2D eigenvalue weighted by atomic mass is 35.5. The Balaban J connectivity index is 0.000000270. The predicted molar refractivity (Wildman–Crippen MR) is 310 cm³/mol. The Morgan fingerprint density at radius 3 is 0.679 bits per heavy atom. The summed E-state index contributed by atoms with van der Waals surface area (Å²) in [6.07, 6.45) is -14.6. The van der Waals surface area contributed by atoms with Crippen LogP contribution in [0.4, 0.5) is 56.6 Å². The molecule has 0 saturated heterocycles. The van der Waals surface area contributed by atoms with E-state index in [0.717, 1.165) is 49.3 Å². The van der Waals surface area contributed by atoms with Crippen molar-refractivity contribution >= 4 is 117 Å². The molecule has 30 heteroatoms. The molecular formula is C54H54Cl6F9N3O9S3. The van der Waals surface area contributed by atoms with Gasteiger partial charge in [-0.05, 0) is 152 Å². The Morgan fingerprint density at radius 2 is 0.524 bits per heavy atom. The zero-order valence-corrected chi connectivity index (χ0v) is 52.4. The molecule has 0 heterocycles. The number of sulfonamides is 3. The summed E-state index contributed by atoms with van der Waals surface area (Å²) in [4.78, 5) is -0.662. The van der Waals surface area contributed by atoms with E-state index >= 15 is 0 Å². The van der Waals surface area contributed by atoms with Crippen LogP contribution in [0.25, 0.3) is 0 Å². The van der Waals surface area contributed by atoms with Crippen molar-refractivity contribution in [2.24, 2.45) is 0 Å². The monoisotopic (exact) mass is 1370 g/mol. The van der Waals surface area contributed by atoms with Crippen LogP contribution < -0.4 is 12.9 Å². The molecule has 0 aromatic heterocycles. The normalized spacial score (nSPS) is 14.8. The lowest BCUT2D eigenvalue weighted by Gasteiger charge is -2.30. The molecule has 6 aromatic carbocycles. The van der Waals surface area contributed by atoms with Crippen LogP contribution in [0.2, 0.25) is 30.1 Å². The average Bonchev–Trinajstić information content (AvgIpc) is 2.48. The van der Waals surface area contributed by atoms with Gasteiger partial charge in [0, 0.05) is 18.1 Å². The first-order chi connectivity index (χ1) is 38.1. The Morgan fingerprint density at radius 1 is 0.345 bits per heavy atom. The molecule has 0 fully saturated rings. The molecule has 1 unspecified atom stereocenters. The van der Waals surface area contributed by atoms with Gasteiger partial charge in [0.2, 0.25) is 0 Å².